The molecule has 0 aliphatic carbocycles. The Balaban J connectivity index is 1.60. The van der Waals surface area contributed by atoms with E-state index in [4.69, 9.17) is 21.1 Å². The van der Waals surface area contributed by atoms with E-state index in [0.29, 0.717) is 13.2 Å². The van der Waals surface area contributed by atoms with Crippen LogP contribution in [-0.2, 0) is 28.3 Å². The molecule has 1 aliphatic rings. The van der Waals surface area contributed by atoms with Gasteiger partial charge in [-0.15, -0.1) is 0 Å². The molecule has 0 saturated carbocycles. The van der Waals surface area contributed by atoms with E-state index in [1.165, 1.54) is 0 Å². The minimum atomic E-state index is -0.541. The predicted octanol–water partition coefficient (Wildman–Crippen LogP) is 6.09. The number of hydrogen-bond acceptors (Lipinski definition) is 3. The zero-order valence-electron chi connectivity index (χ0n) is 16.7. The van der Waals surface area contributed by atoms with Gasteiger partial charge in [0.2, 0.25) is 0 Å². The number of piperidine rings is 1. The van der Waals surface area contributed by atoms with Crippen molar-refractivity contribution in [1.82, 2.24) is 5.32 Å². The number of hydrogen-bond donors (Lipinski definition) is 1. The summed E-state index contributed by atoms with van der Waals surface area (Å²) < 4.78 is 14.2. The monoisotopic (exact) mass is 485 g/mol. The Hall–Kier alpha value is -1.69. The first-order valence-corrected chi connectivity index (χ1v) is 11.3. The Bertz CT molecular complexity index is 934. The highest BCUT2D eigenvalue weighted by atomic mass is 79.9. The lowest BCUT2D eigenvalue weighted by molar-refractivity contribution is -0.176. The third kappa shape index (κ3) is 5.13. The summed E-state index contributed by atoms with van der Waals surface area (Å²) in [5.41, 5.74) is 2.85. The molecule has 3 nitrogen and oxygen atoms in total. The van der Waals surface area contributed by atoms with Gasteiger partial charge >= 0.3 is 0 Å². The maximum Gasteiger partial charge on any atom is 0.122 e. The third-order valence-corrected chi connectivity index (χ3v) is 6.34. The lowest BCUT2D eigenvalue weighted by Crippen LogP contribution is -2.54. The molecule has 3 aromatic rings. The zero-order chi connectivity index (χ0) is 20.8. The van der Waals surface area contributed by atoms with E-state index in [2.05, 4.69) is 57.6 Å². The van der Waals surface area contributed by atoms with Crippen molar-refractivity contribution in [3.05, 3.63) is 105 Å². The fraction of sp³-hybridized carbons (Fsp3) is 0.280. The summed E-state index contributed by atoms with van der Waals surface area (Å²) >= 11 is 9.66. The Morgan fingerprint density at radius 3 is 2.33 bits per heavy atom. The molecule has 5 heteroatoms. The largest absolute Gasteiger partial charge is 0.369 e. The van der Waals surface area contributed by atoms with Gasteiger partial charge in [-0.2, -0.15) is 0 Å². The van der Waals surface area contributed by atoms with E-state index in [1.807, 2.05) is 42.5 Å². The lowest BCUT2D eigenvalue weighted by atomic mass is 9.82. The van der Waals surface area contributed by atoms with Gasteiger partial charge in [-0.05, 0) is 53.9 Å². The summed E-state index contributed by atoms with van der Waals surface area (Å²) in [5, 5.41) is 4.20. The van der Waals surface area contributed by atoms with Crippen LogP contribution in [0.3, 0.4) is 0 Å². The minimum Gasteiger partial charge on any atom is -0.369 e. The molecule has 0 bridgehead atoms. The third-order valence-electron chi connectivity index (χ3n) is 5.56. The van der Waals surface area contributed by atoms with Crippen LogP contribution in [0.5, 0.6) is 0 Å². The smallest absolute Gasteiger partial charge is 0.122 e. The van der Waals surface area contributed by atoms with E-state index in [1.54, 1.807) is 0 Å². The second-order valence-corrected chi connectivity index (χ2v) is 8.90. The van der Waals surface area contributed by atoms with Crippen LogP contribution in [0.15, 0.2) is 83.3 Å². The normalized spacial score (nSPS) is 21.5. The maximum atomic E-state index is 6.69. The zero-order valence-corrected chi connectivity index (χ0v) is 19.0. The molecule has 1 N–H and O–H groups in total. The van der Waals surface area contributed by atoms with E-state index < -0.39 is 5.60 Å². The highest BCUT2D eigenvalue weighted by Crippen LogP contribution is 2.38. The Morgan fingerprint density at radius 1 is 0.900 bits per heavy atom. The highest BCUT2D eigenvalue weighted by molar-refractivity contribution is 9.10. The van der Waals surface area contributed by atoms with Crippen LogP contribution in [0.4, 0.5) is 0 Å². The molecule has 0 unspecified atom stereocenters. The molecular formula is C25H25BrClNO2. The van der Waals surface area contributed by atoms with Crippen LogP contribution in [-0.4, -0.2) is 19.2 Å². The molecular weight excluding hydrogens is 462 g/mol. The summed E-state index contributed by atoms with van der Waals surface area (Å²) in [6.45, 7) is 2.66. The summed E-state index contributed by atoms with van der Waals surface area (Å²) in [6, 6.07) is 26.5. The second kappa shape index (κ2) is 10.1. The van der Waals surface area contributed by atoms with Gasteiger partial charge in [0, 0.05) is 16.0 Å². The van der Waals surface area contributed by atoms with Crippen molar-refractivity contribution in [1.29, 1.82) is 0 Å². The van der Waals surface area contributed by atoms with E-state index >= 15 is 0 Å². The Morgan fingerprint density at radius 2 is 1.60 bits per heavy atom. The van der Waals surface area contributed by atoms with E-state index in [0.717, 1.165) is 45.7 Å². The van der Waals surface area contributed by atoms with Crippen LogP contribution in [0.2, 0.25) is 5.02 Å². The molecule has 156 valence electrons. The summed E-state index contributed by atoms with van der Waals surface area (Å²) in [4.78, 5) is 0. The Labute approximate surface area is 191 Å². The molecule has 3 aromatic carbocycles. The van der Waals surface area contributed by atoms with E-state index in [9.17, 15) is 0 Å². The topological polar surface area (TPSA) is 30.5 Å². The number of benzene rings is 3. The van der Waals surface area contributed by atoms with Crippen molar-refractivity contribution in [3.63, 3.8) is 0 Å². The van der Waals surface area contributed by atoms with Crippen LogP contribution >= 0.6 is 27.5 Å². The average molecular weight is 487 g/mol. The van der Waals surface area contributed by atoms with Crippen LogP contribution in [0, 0.1) is 0 Å². The molecule has 0 spiro atoms. The van der Waals surface area contributed by atoms with Crippen molar-refractivity contribution in [2.45, 2.75) is 31.3 Å². The van der Waals surface area contributed by atoms with Gasteiger partial charge in [-0.1, -0.05) is 82.1 Å². The fourth-order valence-corrected chi connectivity index (χ4v) is 4.29. The quantitative estimate of drug-likeness (QED) is 0.438. The first-order valence-electron chi connectivity index (χ1n) is 10.2. The average Bonchev–Trinajstić information content (AvgIpc) is 2.79. The van der Waals surface area contributed by atoms with Crippen molar-refractivity contribution in [2.24, 2.45) is 0 Å². The molecule has 0 aromatic heterocycles. The molecule has 4 rings (SSSR count). The van der Waals surface area contributed by atoms with Gasteiger partial charge in [0.25, 0.3) is 0 Å². The predicted molar refractivity (Wildman–Crippen MR) is 125 cm³/mol. The van der Waals surface area contributed by atoms with Gasteiger partial charge in [0.05, 0.1) is 13.2 Å². The number of ether oxygens (including phenoxy) is 2. The number of nitrogens with one attached hydrogen (secondary N) is 1. The molecule has 1 fully saturated rings. The molecule has 0 radical (unpaired) electrons. The maximum absolute atomic E-state index is 6.69. The van der Waals surface area contributed by atoms with Gasteiger partial charge in [-0.3, -0.25) is 0 Å². The van der Waals surface area contributed by atoms with Gasteiger partial charge < -0.3 is 14.8 Å². The van der Waals surface area contributed by atoms with Crippen molar-refractivity contribution >= 4 is 27.5 Å². The molecule has 1 aliphatic heterocycles. The summed E-state index contributed by atoms with van der Waals surface area (Å²) in [7, 11) is 0. The van der Waals surface area contributed by atoms with Crippen molar-refractivity contribution < 1.29 is 9.47 Å². The van der Waals surface area contributed by atoms with Gasteiger partial charge in [0.1, 0.15) is 11.7 Å². The SMILES string of the molecule is Clc1ccc([C@@]2(OCc3ccccc3)CCNC[C@@H]2OCc2ccc(Br)cc2)cc1. The molecule has 1 saturated heterocycles. The fourth-order valence-electron chi connectivity index (χ4n) is 3.90. The molecule has 2 atom stereocenters. The standard InChI is InChI=1S/C25H25BrClNO2/c26-22-10-6-20(7-11-22)17-29-24-16-28-15-14-25(24,21-8-12-23(27)13-9-21)30-18-19-4-2-1-3-5-19/h1-13,24,28H,14-18H2/t24-,25-/m0/s1. The van der Waals surface area contributed by atoms with Crippen LogP contribution in [0.1, 0.15) is 23.1 Å². The van der Waals surface area contributed by atoms with Crippen LogP contribution < -0.4 is 5.32 Å². The minimum absolute atomic E-state index is 0.125. The molecule has 30 heavy (non-hydrogen) atoms. The number of rotatable bonds is 7. The summed E-state index contributed by atoms with van der Waals surface area (Å²) in [5.74, 6) is 0. The van der Waals surface area contributed by atoms with Crippen molar-refractivity contribution in [3.8, 4) is 0 Å². The molecule has 1 heterocycles. The van der Waals surface area contributed by atoms with E-state index in [-0.39, 0.29) is 6.10 Å². The molecule has 0 amide bonds. The van der Waals surface area contributed by atoms with Gasteiger partial charge in [0.15, 0.2) is 0 Å². The second-order valence-electron chi connectivity index (χ2n) is 7.55. The lowest BCUT2D eigenvalue weighted by Gasteiger charge is -2.44. The number of halogens is 2. The van der Waals surface area contributed by atoms with Crippen LogP contribution in [0.25, 0.3) is 0 Å². The first kappa shape index (κ1) is 21.5. The van der Waals surface area contributed by atoms with Crippen molar-refractivity contribution in [2.75, 3.05) is 13.1 Å². The first-order chi connectivity index (χ1) is 14.7. The Kier molecular flexibility index (Phi) is 7.24. The van der Waals surface area contributed by atoms with Gasteiger partial charge in [-0.25, -0.2) is 0 Å². The summed E-state index contributed by atoms with van der Waals surface area (Å²) in [6.07, 6.45) is 0.701. The highest BCUT2D eigenvalue weighted by Gasteiger charge is 2.44.